The summed E-state index contributed by atoms with van der Waals surface area (Å²) in [7, 11) is 0. The number of benzene rings is 2. The predicted octanol–water partition coefficient (Wildman–Crippen LogP) is 3.24. The number of nitrogens with one attached hydrogen (secondary N) is 2. The Kier molecular flexibility index (Phi) is 4.68. The van der Waals surface area contributed by atoms with Gasteiger partial charge in [0.2, 0.25) is 10.3 Å². The molecule has 0 radical (unpaired) electrons. The zero-order valence-corrected chi connectivity index (χ0v) is 18.5. The Morgan fingerprint density at radius 2 is 1.27 bits per heavy atom. The maximum Gasteiger partial charge on any atom is 0.518 e. The summed E-state index contributed by atoms with van der Waals surface area (Å²) in [6.07, 6.45) is 0. The molecule has 9 heteroatoms. The topological polar surface area (TPSA) is 75.0 Å². The predicted molar refractivity (Wildman–Crippen MR) is 124 cm³/mol. The molecule has 3 aliphatic rings. The summed E-state index contributed by atoms with van der Waals surface area (Å²) in [6, 6.07) is 15.8. The Labute approximate surface area is 183 Å². The first-order chi connectivity index (χ1) is 14.5. The van der Waals surface area contributed by atoms with Gasteiger partial charge in [0.05, 0.1) is 41.5 Å². The fraction of sp³-hybridized carbons (Fsp3) is 0.238. The first-order valence-electron chi connectivity index (χ1n) is 9.62. The average Bonchev–Trinajstić information content (AvgIpc) is 3.34. The first-order valence-corrected chi connectivity index (χ1v) is 11.2. The zero-order valence-electron chi connectivity index (χ0n) is 16.9. The Hall–Kier alpha value is -2.62. The molecule has 0 saturated carbocycles. The van der Waals surface area contributed by atoms with Crippen molar-refractivity contribution in [2.75, 3.05) is 0 Å². The van der Waals surface area contributed by atoms with Crippen LogP contribution in [0.5, 0.6) is 0 Å². The quantitative estimate of drug-likeness (QED) is 0.642. The number of thioether (sulfide) groups is 2. The number of aliphatic hydroxyl groups excluding tert-OH is 1. The number of aryl methyl sites for hydroxylation is 1. The summed E-state index contributed by atoms with van der Waals surface area (Å²) in [5.41, 5.74) is 13.0. The molecule has 0 bridgehead atoms. The lowest BCUT2D eigenvalue weighted by Gasteiger charge is -2.01. The molecule has 2 fully saturated rings. The summed E-state index contributed by atoms with van der Waals surface area (Å²) in [5.74, 6) is 0. The minimum absolute atomic E-state index is 0.0321. The number of hydrazine groups is 2. The average molecular weight is 439 g/mol. The van der Waals surface area contributed by atoms with E-state index in [0.29, 0.717) is 0 Å². The van der Waals surface area contributed by atoms with E-state index < -0.39 is 4.33 Å². The molecule has 2 aromatic rings. The highest BCUT2D eigenvalue weighted by atomic mass is 32.2. The van der Waals surface area contributed by atoms with Crippen molar-refractivity contribution < 1.29 is 14.5 Å². The smallest absolute Gasteiger partial charge is 0.392 e. The molecule has 152 valence electrons. The lowest BCUT2D eigenvalue weighted by molar-refractivity contribution is -0.779. The molecule has 1 spiro atoms. The van der Waals surface area contributed by atoms with Crippen LogP contribution >= 0.6 is 23.5 Å². The summed E-state index contributed by atoms with van der Waals surface area (Å²) in [6.45, 7) is 6.30. The summed E-state index contributed by atoms with van der Waals surface area (Å²) in [5, 5.41) is 10.9. The van der Waals surface area contributed by atoms with Gasteiger partial charge in [-0.25, -0.2) is 9.98 Å². The molecule has 0 aliphatic carbocycles. The molecule has 2 aromatic carbocycles. The molecular formula is C21H22N6OS2+2. The summed E-state index contributed by atoms with van der Waals surface area (Å²) < 4.78 is 3.85. The third-order valence-corrected chi connectivity index (χ3v) is 7.76. The van der Waals surface area contributed by atoms with E-state index in [1.165, 1.54) is 5.56 Å². The first kappa shape index (κ1) is 19.3. The molecule has 7 nitrogen and oxygen atoms in total. The molecule has 0 aromatic heterocycles. The highest BCUT2D eigenvalue weighted by Gasteiger charge is 2.74. The van der Waals surface area contributed by atoms with Crippen molar-refractivity contribution in [3.63, 3.8) is 0 Å². The fourth-order valence-corrected chi connectivity index (χ4v) is 6.29. The fourth-order valence-electron chi connectivity index (χ4n) is 3.47. The highest BCUT2D eigenvalue weighted by molar-refractivity contribution is 8.30. The van der Waals surface area contributed by atoms with Gasteiger partial charge in [0.15, 0.2) is 0 Å². The SMILES string of the molecule is CC1=[N+]2NC(=Nc3ccc(C)cc3)SC23SC(=Nc2ccc(CO)cc2)N[N+]3=C1C. The molecule has 30 heavy (non-hydrogen) atoms. The van der Waals surface area contributed by atoms with Crippen LogP contribution in [0, 0.1) is 6.92 Å². The van der Waals surface area contributed by atoms with E-state index in [2.05, 4.69) is 53.1 Å². The van der Waals surface area contributed by atoms with Crippen molar-refractivity contribution in [1.29, 1.82) is 0 Å². The van der Waals surface area contributed by atoms with Crippen LogP contribution in [0.15, 0.2) is 58.5 Å². The number of hydrazone groups is 2. The van der Waals surface area contributed by atoms with Gasteiger partial charge in [-0.3, -0.25) is 0 Å². The van der Waals surface area contributed by atoms with Gasteiger partial charge in [0, 0.05) is 13.8 Å². The lowest BCUT2D eigenvalue weighted by atomic mass is 10.2. The standard InChI is InChI=1S/C21H21N6OS2/c1-13-4-8-17(9-5-13)22-19-24-26-14(2)15(3)27-21(26,29-19)30-20(25-27)23-18-10-6-16(12-28)7-11-18/h4-11,28H,12H2,1-3H3,(H,23,25)/q+1/p+1. The van der Waals surface area contributed by atoms with Crippen molar-refractivity contribution in [3.05, 3.63) is 59.7 Å². The van der Waals surface area contributed by atoms with E-state index in [9.17, 15) is 5.11 Å². The summed E-state index contributed by atoms with van der Waals surface area (Å²) >= 11 is 3.31. The van der Waals surface area contributed by atoms with E-state index >= 15 is 0 Å². The van der Waals surface area contributed by atoms with Gasteiger partial charge in [-0.05, 0) is 46.1 Å². The molecule has 3 heterocycles. The van der Waals surface area contributed by atoms with E-state index in [-0.39, 0.29) is 6.61 Å². The number of hydrogen-bond acceptors (Lipinski definition) is 5. The van der Waals surface area contributed by atoms with Crippen LogP contribution < -0.4 is 10.9 Å². The van der Waals surface area contributed by atoms with Gasteiger partial charge >= 0.3 is 4.33 Å². The van der Waals surface area contributed by atoms with E-state index in [0.717, 1.165) is 38.7 Å². The lowest BCUT2D eigenvalue weighted by Crippen LogP contribution is -2.42. The third-order valence-electron chi connectivity index (χ3n) is 5.25. The second-order valence-corrected chi connectivity index (χ2v) is 9.89. The Morgan fingerprint density at radius 3 is 1.73 bits per heavy atom. The largest absolute Gasteiger partial charge is 0.518 e. The second-order valence-electron chi connectivity index (χ2n) is 7.31. The maximum atomic E-state index is 9.23. The second kappa shape index (κ2) is 7.26. The van der Waals surface area contributed by atoms with Gasteiger partial charge in [-0.2, -0.15) is 0 Å². The van der Waals surface area contributed by atoms with E-state index in [1.807, 2.05) is 36.4 Å². The van der Waals surface area contributed by atoms with Crippen molar-refractivity contribution >= 4 is 56.7 Å². The zero-order chi connectivity index (χ0) is 20.9. The van der Waals surface area contributed by atoms with Crippen LogP contribution in [0.2, 0.25) is 0 Å². The number of aliphatic imine (C=N–C) groups is 2. The van der Waals surface area contributed by atoms with Crippen molar-refractivity contribution in [2.24, 2.45) is 9.98 Å². The van der Waals surface area contributed by atoms with Crippen molar-refractivity contribution in [2.45, 2.75) is 31.7 Å². The van der Waals surface area contributed by atoms with Gasteiger partial charge < -0.3 is 5.11 Å². The number of rotatable bonds is 3. The monoisotopic (exact) mass is 438 g/mol. The molecule has 0 amide bonds. The Bertz CT molecular complexity index is 1150. The van der Waals surface area contributed by atoms with E-state index in [1.54, 1.807) is 23.5 Å². The van der Waals surface area contributed by atoms with Crippen molar-refractivity contribution in [1.82, 2.24) is 10.9 Å². The normalized spacial score (nSPS) is 25.1. The van der Waals surface area contributed by atoms with Gasteiger partial charge in [-0.15, -0.1) is 10.9 Å². The van der Waals surface area contributed by atoms with Crippen LogP contribution in [-0.4, -0.2) is 40.6 Å². The minimum Gasteiger partial charge on any atom is -0.392 e. The van der Waals surface area contributed by atoms with Gasteiger partial charge in [0.1, 0.15) is 0 Å². The van der Waals surface area contributed by atoms with E-state index in [4.69, 9.17) is 9.98 Å². The number of hydrogen-bond donors (Lipinski definition) is 3. The third kappa shape index (κ3) is 3.13. The van der Waals surface area contributed by atoms with Crippen LogP contribution in [0.3, 0.4) is 0 Å². The van der Waals surface area contributed by atoms with Crippen LogP contribution in [-0.2, 0) is 6.61 Å². The maximum absolute atomic E-state index is 9.23. The number of nitrogens with zero attached hydrogens (tertiary/aromatic N) is 4. The Morgan fingerprint density at radius 1 is 0.800 bits per heavy atom. The highest BCUT2D eigenvalue weighted by Crippen LogP contribution is 2.48. The minimum atomic E-state index is -0.443. The van der Waals surface area contributed by atoms with Gasteiger partial charge in [-0.1, -0.05) is 29.8 Å². The van der Waals surface area contributed by atoms with Crippen molar-refractivity contribution in [3.8, 4) is 0 Å². The molecule has 3 N–H and O–H groups in total. The molecule has 1 unspecified atom stereocenters. The molecular weight excluding hydrogens is 416 g/mol. The molecule has 5 rings (SSSR count). The summed E-state index contributed by atoms with van der Waals surface area (Å²) in [4.78, 5) is 9.56. The Balaban J connectivity index is 1.46. The molecule has 2 saturated heterocycles. The molecule has 3 aliphatic heterocycles. The van der Waals surface area contributed by atoms with Gasteiger partial charge in [0.25, 0.3) is 11.4 Å². The molecule has 1 atom stereocenters. The number of aliphatic hydroxyl groups is 1. The van der Waals surface area contributed by atoms with Crippen LogP contribution in [0.1, 0.15) is 25.0 Å². The van der Waals surface area contributed by atoms with Crippen LogP contribution in [0.4, 0.5) is 11.4 Å². The number of amidine groups is 2. The van der Waals surface area contributed by atoms with Crippen LogP contribution in [0.25, 0.3) is 0 Å².